The predicted molar refractivity (Wildman–Crippen MR) is 545 cm³/mol. The first-order valence-corrected chi connectivity index (χ1v) is 44.4. The van der Waals surface area contributed by atoms with Crippen molar-refractivity contribution in [1.29, 1.82) is 0 Å². The van der Waals surface area contributed by atoms with Gasteiger partial charge in [0.05, 0.1) is 72.6 Å². The fourth-order valence-corrected chi connectivity index (χ4v) is 20.0. The van der Waals surface area contributed by atoms with Crippen LogP contribution in [0, 0.1) is 0 Å². The minimum Gasteiger partial charge on any atom is -0.309 e. The van der Waals surface area contributed by atoms with Crippen LogP contribution in [0.3, 0.4) is 0 Å². The summed E-state index contributed by atoms with van der Waals surface area (Å²) in [5.41, 5.74) is 32.3. The minimum absolute atomic E-state index is 0.690. The molecule has 20 aromatic carbocycles. The number of para-hydroxylation sites is 4. The molecular formula is C123H79N7. The van der Waals surface area contributed by atoms with E-state index < -0.39 is 0 Å². The lowest BCUT2D eigenvalue weighted by Crippen LogP contribution is -1.98. The van der Waals surface area contributed by atoms with Gasteiger partial charge in [0.15, 0.2) is 5.82 Å². The molecule has 0 unspecified atom stereocenters. The van der Waals surface area contributed by atoms with Crippen LogP contribution in [0.4, 0.5) is 0 Å². The summed E-state index contributed by atoms with van der Waals surface area (Å²) >= 11 is 0. The average molecular weight is 1660 g/mol. The molecule has 6 aromatic heterocycles. The Morgan fingerprint density at radius 3 is 1.00 bits per heavy atom. The third-order valence-electron chi connectivity index (χ3n) is 26.2. The Balaban J connectivity index is 0.000000141. The molecule has 0 aliphatic heterocycles. The first kappa shape index (κ1) is 75.2. The molecule has 7 nitrogen and oxygen atoms in total. The molecule has 0 fully saturated rings. The zero-order valence-electron chi connectivity index (χ0n) is 70.7. The molecule has 0 aliphatic carbocycles. The van der Waals surface area contributed by atoms with Crippen LogP contribution in [-0.2, 0) is 0 Å². The molecule has 0 aliphatic rings. The molecule has 0 N–H and O–H groups in total. The maximum atomic E-state index is 5.31. The Labute approximate surface area is 750 Å². The lowest BCUT2D eigenvalue weighted by molar-refractivity contribution is 1.16. The molecule has 6 heterocycles. The van der Waals surface area contributed by atoms with Crippen molar-refractivity contribution >= 4 is 120 Å². The zero-order valence-corrected chi connectivity index (χ0v) is 70.7. The maximum Gasteiger partial charge on any atom is 0.160 e. The highest BCUT2D eigenvalue weighted by molar-refractivity contribution is 6.21. The van der Waals surface area contributed by atoms with Crippen molar-refractivity contribution in [2.45, 2.75) is 0 Å². The fraction of sp³-hybridized carbons (Fsp3) is 0. The molecule has 606 valence electrons. The van der Waals surface area contributed by atoms with Gasteiger partial charge in [-0.3, -0.25) is 0 Å². The third-order valence-corrected chi connectivity index (χ3v) is 26.2. The largest absolute Gasteiger partial charge is 0.309 e. The van der Waals surface area contributed by atoms with Crippen LogP contribution < -0.4 is 0 Å². The summed E-state index contributed by atoms with van der Waals surface area (Å²) in [6, 6.07) is 173. The summed E-state index contributed by atoms with van der Waals surface area (Å²) in [5.74, 6) is 0.690. The van der Waals surface area contributed by atoms with Crippen molar-refractivity contribution in [3.05, 3.63) is 479 Å². The summed E-state index contributed by atoms with van der Waals surface area (Å²) in [6.07, 6.45) is 0. The number of hydrogen-bond acceptors (Lipinski definition) is 3. The highest BCUT2D eigenvalue weighted by Crippen LogP contribution is 2.46. The lowest BCUT2D eigenvalue weighted by Gasteiger charge is -2.13. The summed E-state index contributed by atoms with van der Waals surface area (Å²) in [6.45, 7) is 0. The van der Waals surface area contributed by atoms with Crippen molar-refractivity contribution in [1.82, 2.24) is 33.2 Å². The van der Waals surface area contributed by atoms with Crippen molar-refractivity contribution in [3.63, 3.8) is 0 Å². The lowest BCUT2D eigenvalue weighted by atomic mass is 9.97. The van der Waals surface area contributed by atoms with E-state index in [-0.39, 0.29) is 0 Å². The highest BCUT2D eigenvalue weighted by Gasteiger charge is 2.24. The van der Waals surface area contributed by atoms with Crippen molar-refractivity contribution in [3.8, 4) is 124 Å². The second-order valence-electron chi connectivity index (χ2n) is 33.8. The normalized spacial score (nSPS) is 11.7. The Morgan fingerprint density at radius 2 is 0.477 bits per heavy atom. The molecule has 7 heteroatoms. The Kier molecular flexibility index (Phi) is 18.1. The summed E-state index contributed by atoms with van der Waals surface area (Å²) in [7, 11) is 0. The molecule has 0 saturated carbocycles. The topological polar surface area (TPSA) is 58.4 Å². The predicted octanol–water partition coefficient (Wildman–Crippen LogP) is 32.4. The van der Waals surface area contributed by atoms with E-state index in [4.69, 9.17) is 15.0 Å². The number of rotatable bonds is 13. The number of aromatic nitrogens is 7. The van der Waals surface area contributed by atoms with E-state index in [9.17, 15) is 0 Å². The van der Waals surface area contributed by atoms with Crippen molar-refractivity contribution < 1.29 is 0 Å². The Morgan fingerprint density at radius 1 is 0.138 bits per heavy atom. The molecule has 0 atom stereocenters. The first-order valence-electron chi connectivity index (χ1n) is 44.4. The zero-order chi connectivity index (χ0) is 85.7. The number of nitrogens with zero attached hydrogens (tertiary/aromatic N) is 7. The second-order valence-corrected chi connectivity index (χ2v) is 33.8. The smallest absolute Gasteiger partial charge is 0.160 e. The average Bonchev–Trinajstić information content (AvgIpc) is 1.56. The van der Waals surface area contributed by atoms with Gasteiger partial charge in [0.25, 0.3) is 0 Å². The van der Waals surface area contributed by atoms with Gasteiger partial charge in [-0.25, -0.2) is 15.0 Å². The quantitative estimate of drug-likeness (QED) is 0.116. The van der Waals surface area contributed by atoms with Gasteiger partial charge in [-0.2, -0.15) is 0 Å². The second kappa shape index (κ2) is 31.4. The SMILES string of the molecule is c1ccc(-c2ccc(-c3cc(-c4ccc(-n5c6ccccc6c6cc7c(cc65)c5ccccc5n7-c5cccc(-c6ccccc6)c5)cc4)cc(-c4ccc(-c5ccccc5)cc4)n3)cc2)cc1.c1ccc2cc(-c3cc(-c4cccc5ccccc45)nc(-c4ccc(-n5c6ccccc6c6cc7c(cc65)c5ccccc5n7-c5cccc6ccccc56)cc4)n3)ccc2c1. The molecular weight excluding hydrogens is 1580 g/mol. The minimum atomic E-state index is 0.690. The van der Waals surface area contributed by atoms with Gasteiger partial charge in [-0.1, -0.05) is 352 Å². The number of pyridine rings is 1. The highest BCUT2D eigenvalue weighted by atomic mass is 15.0. The van der Waals surface area contributed by atoms with Crippen LogP contribution in [0.2, 0.25) is 0 Å². The third kappa shape index (κ3) is 13.1. The molecule has 26 aromatic rings. The molecule has 0 amide bonds. The van der Waals surface area contributed by atoms with Crippen LogP contribution in [-0.4, -0.2) is 33.2 Å². The van der Waals surface area contributed by atoms with Crippen LogP contribution in [0.25, 0.3) is 243 Å². The van der Waals surface area contributed by atoms with Crippen LogP contribution >= 0.6 is 0 Å². The van der Waals surface area contributed by atoms with Crippen LogP contribution in [0.1, 0.15) is 0 Å². The molecule has 0 radical (unpaired) electrons. The molecule has 26 rings (SSSR count). The Hall–Kier alpha value is -17.4. The van der Waals surface area contributed by atoms with Gasteiger partial charge < -0.3 is 18.3 Å². The monoisotopic (exact) mass is 1650 g/mol. The van der Waals surface area contributed by atoms with E-state index >= 15 is 0 Å². The van der Waals surface area contributed by atoms with E-state index in [1.54, 1.807) is 0 Å². The van der Waals surface area contributed by atoms with Gasteiger partial charge in [-0.05, 0) is 199 Å². The van der Waals surface area contributed by atoms with Crippen LogP contribution in [0.5, 0.6) is 0 Å². The van der Waals surface area contributed by atoms with Crippen LogP contribution in [0.15, 0.2) is 479 Å². The van der Waals surface area contributed by atoms with E-state index in [2.05, 4.69) is 498 Å². The fourth-order valence-electron chi connectivity index (χ4n) is 20.0. The number of fused-ring (bicyclic) bond motifs is 15. The van der Waals surface area contributed by atoms with Gasteiger partial charge in [0, 0.05) is 93.4 Å². The van der Waals surface area contributed by atoms with Gasteiger partial charge >= 0.3 is 0 Å². The van der Waals surface area contributed by atoms with E-state index in [0.717, 1.165) is 84.3 Å². The van der Waals surface area contributed by atoms with Gasteiger partial charge in [0.2, 0.25) is 0 Å². The molecule has 0 spiro atoms. The molecule has 0 saturated heterocycles. The van der Waals surface area contributed by atoms with Gasteiger partial charge in [-0.15, -0.1) is 0 Å². The summed E-state index contributed by atoms with van der Waals surface area (Å²) < 4.78 is 9.73. The summed E-state index contributed by atoms with van der Waals surface area (Å²) in [5, 5.41) is 17.0. The maximum absolute atomic E-state index is 5.31. The number of benzene rings is 20. The Bertz CT molecular complexity index is 8820. The van der Waals surface area contributed by atoms with Crippen molar-refractivity contribution in [2.24, 2.45) is 0 Å². The first-order chi connectivity index (χ1) is 64.4. The van der Waals surface area contributed by atoms with E-state index in [0.29, 0.717) is 5.82 Å². The van der Waals surface area contributed by atoms with Gasteiger partial charge in [0.1, 0.15) is 0 Å². The van der Waals surface area contributed by atoms with E-state index in [1.807, 2.05) is 0 Å². The molecule has 0 bridgehead atoms. The standard InChI is InChI=1S/C65H43N3.C58H36N4/c1-4-15-44(16-5-1)47-27-31-50(32-28-47)60-40-53(41-61(66-60)51-33-29-48(30-34-51)45-17-6-2-7-18-45)49-35-37-54(38-36-49)67-62-25-12-10-23-56(62)58-43-65-59(42-64(58)67)57-24-11-13-26-63(57)68(65)55-22-14-21-52(39-55)46-19-8-3-9-20-46;1-2-16-41-33-42(28-27-37(41)13-1)51-36-52(46-23-11-17-38-14-3-5-19-44(38)46)60-58(59-51)40-29-31-43(32-30-40)61-54-24-9-7-21-47(54)49-35-57-50(34-56(49)61)48-22-8-10-25-55(48)62(57)53-26-12-18-39-15-4-6-20-45(39)53/h1-43H;1-36H. The molecule has 130 heavy (non-hydrogen) atoms. The number of hydrogen-bond donors (Lipinski definition) is 0. The summed E-state index contributed by atoms with van der Waals surface area (Å²) in [4.78, 5) is 15.9. The van der Waals surface area contributed by atoms with E-state index in [1.165, 1.54) is 153 Å². The van der Waals surface area contributed by atoms with Crippen molar-refractivity contribution in [2.75, 3.05) is 0 Å².